The maximum atomic E-state index is 11.6. The highest BCUT2D eigenvalue weighted by Gasteiger charge is 2.22. The van der Waals surface area contributed by atoms with E-state index in [0.717, 1.165) is 23.1 Å². The van der Waals surface area contributed by atoms with Crippen molar-refractivity contribution in [1.82, 2.24) is 15.6 Å². The highest BCUT2D eigenvalue weighted by atomic mass is 35.5. The number of aromatic nitrogens is 1. The summed E-state index contributed by atoms with van der Waals surface area (Å²) in [4.78, 5) is 15.6. The summed E-state index contributed by atoms with van der Waals surface area (Å²) in [5, 5.41) is 5.94. The van der Waals surface area contributed by atoms with Crippen molar-refractivity contribution < 1.29 is 9.21 Å². The highest BCUT2D eigenvalue weighted by molar-refractivity contribution is 7.99. The van der Waals surface area contributed by atoms with Gasteiger partial charge in [-0.15, -0.1) is 24.2 Å². The zero-order valence-electron chi connectivity index (χ0n) is 8.86. The van der Waals surface area contributed by atoms with E-state index in [1.165, 1.54) is 6.39 Å². The van der Waals surface area contributed by atoms with Crippen LogP contribution in [0.25, 0.3) is 0 Å². The molecule has 0 bridgehead atoms. The van der Waals surface area contributed by atoms with Crippen LogP contribution in [0, 0.1) is 6.92 Å². The first kappa shape index (κ1) is 13.3. The Morgan fingerprint density at radius 3 is 3.19 bits per heavy atom. The third-order valence-electron chi connectivity index (χ3n) is 2.31. The van der Waals surface area contributed by atoms with Gasteiger partial charge in [-0.3, -0.25) is 10.1 Å². The molecule has 0 saturated carbocycles. The number of amides is 1. The molecule has 1 aromatic heterocycles. The van der Waals surface area contributed by atoms with Crippen LogP contribution >= 0.6 is 24.2 Å². The average molecular weight is 264 g/mol. The van der Waals surface area contributed by atoms with Crippen LogP contribution in [0.3, 0.4) is 0 Å². The molecule has 1 aromatic rings. The van der Waals surface area contributed by atoms with Gasteiger partial charge in [0.2, 0.25) is 5.91 Å². The zero-order chi connectivity index (χ0) is 10.7. The van der Waals surface area contributed by atoms with Crippen LogP contribution < -0.4 is 10.6 Å². The molecule has 1 aliphatic heterocycles. The number of halogens is 1. The first-order chi connectivity index (χ1) is 7.27. The second-order valence-electron chi connectivity index (χ2n) is 3.34. The van der Waals surface area contributed by atoms with Crippen LogP contribution in [-0.4, -0.2) is 28.6 Å². The van der Waals surface area contributed by atoms with Gasteiger partial charge in [-0.05, 0) is 6.92 Å². The van der Waals surface area contributed by atoms with E-state index < -0.39 is 0 Å². The Kier molecular flexibility index (Phi) is 5.11. The average Bonchev–Trinajstić information content (AvgIpc) is 2.85. The van der Waals surface area contributed by atoms with E-state index in [-0.39, 0.29) is 24.4 Å². The van der Waals surface area contributed by atoms with Crippen molar-refractivity contribution in [3.8, 4) is 0 Å². The zero-order valence-corrected chi connectivity index (χ0v) is 10.5. The van der Waals surface area contributed by atoms with Gasteiger partial charge in [0.15, 0.2) is 6.39 Å². The number of carbonyl (C=O) groups excluding carboxylic acids is 1. The Labute approximate surface area is 104 Å². The maximum Gasteiger partial charge on any atom is 0.238 e. The molecule has 2 rings (SSSR count). The molecule has 2 N–H and O–H groups in total. The molecule has 0 unspecified atom stereocenters. The Hall–Kier alpha value is -0.720. The number of oxazole rings is 1. The molecule has 5 nitrogen and oxygen atoms in total. The Morgan fingerprint density at radius 2 is 2.62 bits per heavy atom. The SMILES string of the molecule is Cc1ocnc1CNC(=O)[C@H]1CSCN1.Cl. The van der Waals surface area contributed by atoms with Crippen molar-refractivity contribution in [2.75, 3.05) is 11.6 Å². The van der Waals surface area contributed by atoms with E-state index in [9.17, 15) is 4.79 Å². The van der Waals surface area contributed by atoms with Gasteiger partial charge >= 0.3 is 0 Å². The second kappa shape index (κ2) is 6.12. The molecule has 0 spiro atoms. The van der Waals surface area contributed by atoms with Crippen molar-refractivity contribution in [2.45, 2.75) is 19.5 Å². The molecule has 7 heteroatoms. The number of nitrogens with one attached hydrogen (secondary N) is 2. The largest absolute Gasteiger partial charge is 0.448 e. The summed E-state index contributed by atoms with van der Waals surface area (Å²) >= 11 is 1.73. The van der Waals surface area contributed by atoms with Crippen molar-refractivity contribution in [1.29, 1.82) is 0 Å². The highest BCUT2D eigenvalue weighted by Crippen LogP contribution is 2.10. The van der Waals surface area contributed by atoms with Crippen molar-refractivity contribution in [3.63, 3.8) is 0 Å². The van der Waals surface area contributed by atoms with Crippen LogP contribution in [0.1, 0.15) is 11.5 Å². The van der Waals surface area contributed by atoms with E-state index in [4.69, 9.17) is 4.42 Å². The van der Waals surface area contributed by atoms with E-state index >= 15 is 0 Å². The van der Waals surface area contributed by atoms with Gasteiger partial charge in [0.1, 0.15) is 11.5 Å². The van der Waals surface area contributed by atoms with Gasteiger partial charge in [-0.1, -0.05) is 0 Å². The third kappa shape index (κ3) is 3.13. The molecule has 2 heterocycles. The molecule has 1 amide bonds. The van der Waals surface area contributed by atoms with Crippen LogP contribution in [0.4, 0.5) is 0 Å². The number of nitrogens with zero attached hydrogens (tertiary/aromatic N) is 1. The van der Waals surface area contributed by atoms with Gasteiger partial charge in [0, 0.05) is 11.6 Å². The number of aryl methyl sites for hydroxylation is 1. The topological polar surface area (TPSA) is 67.2 Å². The summed E-state index contributed by atoms with van der Waals surface area (Å²) in [6.07, 6.45) is 1.39. The summed E-state index contributed by atoms with van der Waals surface area (Å²) in [7, 11) is 0. The van der Waals surface area contributed by atoms with Crippen molar-refractivity contribution in [3.05, 3.63) is 17.8 Å². The number of carbonyl (C=O) groups is 1. The summed E-state index contributed by atoms with van der Waals surface area (Å²) in [5.41, 5.74) is 0.786. The lowest BCUT2D eigenvalue weighted by Gasteiger charge is -2.09. The van der Waals surface area contributed by atoms with Crippen molar-refractivity contribution in [2.24, 2.45) is 0 Å². The molecule has 90 valence electrons. The summed E-state index contributed by atoms with van der Waals surface area (Å²) in [5.74, 6) is 2.47. The minimum Gasteiger partial charge on any atom is -0.448 e. The number of rotatable bonds is 3. The van der Waals surface area contributed by atoms with Gasteiger partial charge < -0.3 is 9.73 Å². The minimum absolute atomic E-state index is 0. The molecule has 0 radical (unpaired) electrons. The van der Waals surface area contributed by atoms with Gasteiger partial charge in [-0.25, -0.2) is 4.98 Å². The molecule has 16 heavy (non-hydrogen) atoms. The Balaban J connectivity index is 0.00000128. The van der Waals surface area contributed by atoms with Crippen LogP contribution in [0.15, 0.2) is 10.8 Å². The minimum atomic E-state index is -0.0674. The fourth-order valence-corrected chi connectivity index (χ4v) is 2.30. The van der Waals surface area contributed by atoms with Gasteiger partial charge in [-0.2, -0.15) is 0 Å². The van der Waals surface area contributed by atoms with Crippen molar-refractivity contribution >= 4 is 30.1 Å². The molecule has 1 fully saturated rings. The molecule has 1 saturated heterocycles. The third-order valence-corrected chi connectivity index (χ3v) is 3.25. The fourth-order valence-electron chi connectivity index (χ4n) is 1.36. The summed E-state index contributed by atoms with van der Waals surface area (Å²) in [6, 6.07) is -0.0674. The van der Waals surface area contributed by atoms with E-state index in [2.05, 4.69) is 15.6 Å². The Morgan fingerprint density at radius 1 is 1.81 bits per heavy atom. The first-order valence-electron chi connectivity index (χ1n) is 4.75. The van der Waals surface area contributed by atoms with Crippen LogP contribution in [0.5, 0.6) is 0 Å². The molecule has 1 aliphatic rings. The predicted molar refractivity (Wildman–Crippen MR) is 64.6 cm³/mol. The van der Waals surface area contributed by atoms with E-state index in [1.54, 1.807) is 11.8 Å². The molecule has 0 aliphatic carbocycles. The number of thioether (sulfide) groups is 1. The summed E-state index contributed by atoms with van der Waals surface area (Å²) < 4.78 is 5.04. The van der Waals surface area contributed by atoms with E-state index in [0.29, 0.717) is 6.54 Å². The monoisotopic (exact) mass is 263 g/mol. The lowest BCUT2D eigenvalue weighted by molar-refractivity contribution is -0.122. The van der Waals surface area contributed by atoms with E-state index in [1.807, 2.05) is 6.92 Å². The molecular weight excluding hydrogens is 250 g/mol. The molecule has 1 atom stereocenters. The summed E-state index contributed by atoms with van der Waals surface area (Å²) in [6.45, 7) is 2.27. The lowest BCUT2D eigenvalue weighted by atomic mass is 10.3. The Bertz CT molecular complexity index is 352. The molecular formula is C9H14ClN3O2S. The normalized spacial score (nSPS) is 19.2. The smallest absolute Gasteiger partial charge is 0.238 e. The van der Waals surface area contributed by atoms with Gasteiger partial charge in [0.05, 0.1) is 12.6 Å². The maximum absolute atomic E-state index is 11.6. The standard InChI is InChI=1S/C9H13N3O2S.ClH/c1-6-7(11-4-14-6)2-10-9(13)8-3-15-5-12-8;/h4,8,12H,2-3,5H2,1H3,(H,10,13);1H/t8-;/m1./s1. The quantitative estimate of drug-likeness (QED) is 0.840. The lowest BCUT2D eigenvalue weighted by Crippen LogP contribution is -2.41. The van der Waals surface area contributed by atoms with Crippen LogP contribution in [0.2, 0.25) is 0 Å². The van der Waals surface area contributed by atoms with Gasteiger partial charge in [0.25, 0.3) is 0 Å². The second-order valence-corrected chi connectivity index (χ2v) is 4.38. The molecule has 0 aromatic carbocycles. The number of hydrogen-bond donors (Lipinski definition) is 2. The predicted octanol–water partition coefficient (Wildman–Crippen LogP) is 0.684. The van der Waals surface area contributed by atoms with Crippen LogP contribution in [-0.2, 0) is 11.3 Å². The number of hydrogen-bond acceptors (Lipinski definition) is 5. The first-order valence-corrected chi connectivity index (χ1v) is 5.90. The fraction of sp³-hybridized carbons (Fsp3) is 0.556.